The molecule has 0 radical (unpaired) electrons. The zero-order valence-corrected chi connectivity index (χ0v) is 19.3. The minimum Gasteiger partial charge on any atom is -0.368 e. The number of pyridine rings is 1. The van der Waals surface area contributed by atoms with E-state index in [0.717, 1.165) is 49.0 Å². The quantitative estimate of drug-likeness (QED) is 0.467. The van der Waals surface area contributed by atoms with Crippen molar-refractivity contribution in [3.05, 3.63) is 71.9 Å². The van der Waals surface area contributed by atoms with Crippen LogP contribution in [0.25, 0.3) is 16.9 Å². The second-order valence-electron chi connectivity index (χ2n) is 8.93. The van der Waals surface area contributed by atoms with Gasteiger partial charge in [-0.2, -0.15) is 0 Å². The third-order valence-electron chi connectivity index (χ3n) is 6.55. The summed E-state index contributed by atoms with van der Waals surface area (Å²) >= 11 is 0. The molecule has 6 heteroatoms. The number of hydrogen-bond donors (Lipinski definition) is 0. The van der Waals surface area contributed by atoms with Crippen LogP contribution in [0.5, 0.6) is 0 Å². The van der Waals surface area contributed by atoms with Crippen LogP contribution >= 0.6 is 0 Å². The van der Waals surface area contributed by atoms with Crippen molar-refractivity contribution in [1.82, 2.24) is 19.4 Å². The molecule has 1 fully saturated rings. The summed E-state index contributed by atoms with van der Waals surface area (Å²) in [7, 11) is 0. The molecule has 0 aliphatic carbocycles. The van der Waals surface area contributed by atoms with Crippen LogP contribution in [0.2, 0.25) is 0 Å². The van der Waals surface area contributed by atoms with E-state index >= 15 is 0 Å². The van der Waals surface area contributed by atoms with Gasteiger partial charge in [-0.3, -0.25) is 4.98 Å². The van der Waals surface area contributed by atoms with E-state index in [1.807, 2.05) is 18.6 Å². The molecule has 0 unspecified atom stereocenters. The van der Waals surface area contributed by atoms with E-state index in [0.29, 0.717) is 5.92 Å². The number of aromatic nitrogens is 4. The number of benzene rings is 1. The SMILES string of the molecule is Cc1ccc(N2CCN(c3ccc(C(C)C)cn3)CC2)cc1-c1nc2cnccn2c1C. The Balaban J connectivity index is 1.36. The van der Waals surface area contributed by atoms with Gasteiger partial charge in [0.2, 0.25) is 0 Å². The van der Waals surface area contributed by atoms with Gasteiger partial charge in [-0.15, -0.1) is 0 Å². The molecule has 32 heavy (non-hydrogen) atoms. The standard InChI is InChI=1S/C26H30N6/c1-18(2)21-6-8-24(28-16-21)31-13-11-30(12-14-31)22-7-5-19(3)23(15-22)26-20(4)32-10-9-27-17-25(32)29-26/h5-10,15-18H,11-14H2,1-4H3. The molecule has 1 aromatic carbocycles. The van der Waals surface area contributed by atoms with Gasteiger partial charge in [0.15, 0.2) is 5.65 Å². The van der Waals surface area contributed by atoms with Crippen LogP contribution in [0.1, 0.15) is 36.6 Å². The first-order valence-electron chi connectivity index (χ1n) is 11.4. The highest BCUT2D eigenvalue weighted by atomic mass is 15.3. The third-order valence-corrected chi connectivity index (χ3v) is 6.55. The van der Waals surface area contributed by atoms with Gasteiger partial charge >= 0.3 is 0 Å². The fourth-order valence-electron chi connectivity index (χ4n) is 4.47. The molecule has 1 aliphatic heterocycles. The Bertz CT molecular complexity index is 1230. The summed E-state index contributed by atoms with van der Waals surface area (Å²) in [6.45, 7) is 12.6. The highest BCUT2D eigenvalue weighted by Gasteiger charge is 2.20. The van der Waals surface area contributed by atoms with Crippen molar-refractivity contribution in [2.45, 2.75) is 33.6 Å². The molecular formula is C26H30N6. The van der Waals surface area contributed by atoms with Gasteiger partial charge in [0.05, 0.1) is 11.9 Å². The third kappa shape index (κ3) is 3.70. The fourth-order valence-corrected chi connectivity index (χ4v) is 4.47. The van der Waals surface area contributed by atoms with Crippen molar-refractivity contribution in [3.63, 3.8) is 0 Å². The molecule has 5 rings (SSSR count). The van der Waals surface area contributed by atoms with Crippen molar-refractivity contribution in [2.24, 2.45) is 0 Å². The molecule has 4 aromatic rings. The summed E-state index contributed by atoms with van der Waals surface area (Å²) in [6, 6.07) is 11.1. The lowest BCUT2D eigenvalue weighted by Gasteiger charge is -2.37. The molecule has 0 amide bonds. The van der Waals surface area contributed by atoms with Crippen molar-refractivity contribution in [1.29, 1.82) is 0 Å². The maximum Gasteiger partial charge on any atom is 0.156 e. The van der Waals surface area contributed by atoms with E-state index in [2.05, 4.69) is 77.2 Å². The van der Waals surface area contributed by atoms with Crippen LogP contribution in [0, 0.1) is 13.8 Å². The second kappa shape index (κ2) is 8.26. The maximum absolute atomic E-state index is 4.87. The number of fused-ring (bicyclic) bond motifs is 1. The molecule has 3 aromatic heterocycles. The first-order valence-corrected chi connectivity index (χ1v) is 11.4. The minimum atomic E-state index is 0.511. The summed E-state index contributed by atoms with van der Waals surface area (Å²) in [5.74, 6) is 1.59. The van der Waals surface area contributed by atoms with Gasteiger partial charge in [-0.05, 0) is 49.1 Å². The van der Waals surface area contributed by atoms with E-state index in [4.69, 9.17) is 9.97 Å². The molecule has 0 N–H and O–H groups in total. The van der Waals surface area contributed by atoms with E-state index in [9.17, 15) is 0 Å². The molecule has 6 nitrogen and oxygen atoms in total. The molecule has 0 spiro atoms. The van der Waals surface area contributed by atoms with Crippen LogP contribution < -0.4 is 9.80 Å². The molecule has 1 aliphatic rings. The van der Waals surface area contributed by atoms with Gasteiger partial charge in [0, 0.05) is 61.7 Å². The molecular weight excluding hydrogens is 396 g/mol. The van der Waals surface area contributed by atoms with E-state index in [1.54, 1.807) is 6.20 Å². The molecule has 0 atom stereocenters. The molecule has 1 saturated heterocycles. The van der Waals surface area contributed by atoms with Gasteiger partial charge in [0.25, 0.3) is 0 Å². The Morgan fingerprint density at radius 3 is 2.38 bits per heavy atom. The molecule has 4 heterocycles. The topological polar surface area (TPSA) is 49.6 Å². The summed E-state index contributed by atoms with van der Waals surface area (Å²) in [6.07, 6.45) is 7.61. The molecule has 0 bridgehead atoms. The lowest BCUT2D eigenvalue weighted by atomic mass is 10.0. The van der Waals surface area contributed by atoms with Crippen molar-refractivity contribution >= 4 is 17.2 Å². The van der Waals surface area contributed by atoms with Gasteiger partial charge in [0.1, 0.15) is 5.82 Å². The number of rotatable bonds is 4. The Morgan fingerprint density at radius 2 is 1.69 bits per heavy atom. The van der Waals surface area contributed by atoms with Crippen molar-refractivity contribution in [3.8, 4) is 11.3 Å². The van der Waals surface area contributed by atoms with Crippen LogP contribution in [0.15, 0.2) is 55.1 Å². The highest BCUT2D eigenvalue weighted by Crippen LogP contribution is 2.31. The second-order valence-corrected chi connectivity index (χ2v) is 8.93. The van der Waals surface area contributed by atoms with Gasteiger partial charge < -0.3 is 14.2 Å². The molecule has 0 saturated carbocycles. The number of anilines is 2. The summed E-state index contributed by atoms with van der Waals surface area (Å²) in [5, 5.41) is 0. The van der Waals surface area contributed by atoms with E-state index in [-0.39, 0.29) is 0 Å². The zero-order valence-electron chi connectivity index (χ0n) is 19.3. The average Bonchev–Trinajstić information content (AvgIpc) is 3.16. The number of hydrogen-bond acceptors (Lipinski definition) is 5. The number of imidazole rings is 1. The minimum absolute atomic E-state index is 0.511. The van der Waals surface area contributed by atoms with Crippen LogP contribution in [-0.2, 0) is 0 Å². The monoisotopic (exact) mass is 426 g/mol. The predicted octanol–water partition coefficient (Wildman–Crippen LogP) is 4.86. The normalized spacial score (nSPS) is 14.5. The van der Waals surface area contributed by atoms with Crippen LogP contribution in [0.4, 0.5) is 11.5 Å². The van der Waals surface area contributed by atoms with Gasteiger partial charge in [-0.1, -0.05) is 26.0 Å². The predicted molar refractivity (Wildman–Crippen MR) is 131 cm³/mol. The van der Waals surface area contributed by atoms with Crippen molar-refractivity contribution in [2.75, 3.05) is 36.0 Å². The number of nitrogens with zero attached hydrogens (tertiary/aromatic N) is 6. The van der Waals surface area contributed by atoms with Crippen molar-refractivity contribution < 1.29 is 0 Å². The first kappa shape index (κ1) is 20.5. The Hall–Kier alpha value is -3.41. The Kier molecular flexibility index (Phi) is 5.29. The fraction of sp³-hybridized carbons (Fsp3) is 0.346. The lowest BCUT2D eigenvalue weighted by Crippen LogP contribution is -2.46. The highest BCUT2D eigenvalue weighted by molar-refractivity contribution is 5.73. The summed E-state index contributed by atoms with van der Waals surface area (Å²) in [4.78, 5) is 18.6. The Labute approximate surface area is 189 Å². The average molecular weight is 427 g/mol. The van der Waals surface area contributed by atoms with E-state index < -0.39 is 0 Å². The number of aryl methyl sites for hydroxylation is 2. The van der Waals surface area contributed by atoms with Crippen LogP contribution in [0.3, 0.4) is 0 Å². The molecule has 164 valence electrons. The van der Waals surface area contributed by atoms with Crippen LogP contribution in [-0.4, -0.2) is 45.5 Å². The summed E-state index contributed by atoms with van der Waals surface area (Å²) < 4.78 is 2.10. The zero-order chi connectivity index (χ0) is 22.2. The lowest BCUT2D eigenvalue weighted by molar-refractivity contribution is 0.647. The first-order chi connectivity index (χ1) is 15.5. The van der Waals surface area contributed by atoms with Gasteiger partial charge in [-0.25, -0.2) is 9.97 Å². The Morgan fingerprint density at radius 1 is 0.906 bits per heavy atom. The number of piperazine rings is 1. The maximum atomic E-state index is 4.87. The smallest absolute Gasteiger partial charge is 0.156 e. The largest absolute Gasteiger partial charge is 0.368 e. The van der Waals surface area contributed by atoms with E-state index in [1.165, 1.54) is 22.4 Å². The summed E-state index contributed by atoms with van der Waals surface area (Å²) in [5.41, 5.74) is 8.03.